The molecule has 5 rings (SSSR count). The van der Waals surface area contributed by atoms with Gasteiger partial charge in [0.15, 0.2) is 11.4 Å². The molecule has 0 radical (unpaired) electrons. The molecule has 2 N–H and O–H groups in total. The molecule has 0 saturated carbocycles. The van der Waals surface area contributed by atoms with Crippen LogP contribution in [0.4, 0.5) is 5.69 Å². The highest BCUT2D eigenvalue weighted by atomic mass is 16.5. The highest BCUT2D eigenvalue weighted by Gasteiger charge is 2.28. The van der Waals surface area contributed by atoms with Crippen LogP contribution in [0, 0.1) is 12.3 Å². The van der Waals surface area contributed by atoms with Gasteiger partial charge in [-0.3, -0.25) is 4.79 Å². The zero-order chi connectivity index (χ0) is 23.9. The van der Waals surface area contributed by atoms with Crippen LogP contribution in [0.3, 0.4) is 0 Å². The summed E-state index contributed by atoms with van der Waals surface area (Å²) in [5, 5.41) is 4.79. The van der Waals surface area contributed by atoms with E-state index < -0.39 is 5.41 Å². The monoisotopic (exact) mass is 459 g/mol. The van der Waals surface area contributed by atoms with Crippen LogP contribution < -0.4 is 10.6 Å². The molecule has 0 aliphatic carbocycles. The van der Waals surface area contributed by atoms with E-state index in [0.29, 0.717) is 36.8 Å². The molecule has 176 valence electrons. The molecular formula is C26H29N5O3. The van der Waals surface area contributed by atoms with Crippen molar-refractivity contribution in [2.75, 3.05) is 31.2 Å². The molecule has 3 aromatic heterocycles. The predicted octanol–water partition coefficient (Wildman–Crippen LogP) is 3.88. The average molecular weight is 460 g/mol. The van der Waals surface area contributed by atoms with Crippen LogP contribution in [-0.4, -0.2) is 47.0 Å². The number of hydrogen-bond acceptors (Lipinski definition) is 6. The van der Waals surface area contributed by atoms with Crippen LogP contribution in [-0.2, 0) is 16.0 Å². The van der Waals surface area contributed by atoms with E-state index in [4.69, 9.17) is 25.0 Å². The number of hydrogen-bond donors (Lipinski definition) is 1. The Morgan fingerprint density at radius 3 is 2.68 bits per heavy atom. The lowest BCUT2D eigenvalue weighted by Crippen LogP contribution is -2.36. The van der Waals surface area contributed by atoms with Crippen LogP contribution in [0.1, 0.15) is 25.2 Å². The number of anilines is 1. The maximum absolute atomic E-state index is 11.9. The summed E-state index contributed by atoms with van der Waals surface area (Å²) in [5.74, 6) is 1.02. The van der Waals surface area contributed by atoms with Gasteiger partial charge in [0, 0.05) is 43.4 Å². The third-order valence-corrected chi connectivity index (χ3v) is 6.27. The fourth-order valence-corrected chi connectivity index (χ4v) is 4.22. The van der Waals surface area contributed by atoms with Crippen LogP contribution >= 0.6 is 0 Å². The molecule has 1 aliphatic heterocycles. The Kier molecular flexibility index (Phi) is 5.61. The lowest BCUT2D eigenvalue weighted by molar-refractivity contribution is -0.126. The average Bonchev–Trinajstić information content (AvgIpc) is 3.45. The number of carbonyl (C=O) groups excluding carboxylic acids is 1. The minimum atomic E-state index is -0.722. The standard InChI is InChI=1S/C26H29N5O3/c1-17-5-4-6-18(13-17)20-7-8-31(29-20)23-15-22(30-9-11-33-12-10-30)24-21(28-23)14-19(34-24)16-26(2,3)25(27)32/h4-8,13-15H,9-12,16H2,1-3H3,(H2,27,32). The minimum Gasteiger partial charge on any atom is -0.457 e. The number of nitrogens with zero attached hydrogens (tertiary/aromatic N) is 4. The van der Waals surface area contributed by atoms with E-state index in [9.17, 15) is 4.79 Å². The van der Waals surface area contributed by atoms with Gasteiger partial charge >= 0.3 is 0 Å². The van der Waals surface area contributed by atoms with Gasteiger partial charge in [0.05, 0.1) is 30.0 Å². The molecule has 1 amide bonds. The summed E-state index contributed by atoms with van der Waals surface area (Å²) in [4.78, 5) is 19.0. The number of aromatic nitrogens is 3. The van der Waals surface area contributed by atoms with E-state index >= 15 is 0 Å². The molecule has 8 heteroatoms. The molecule has 0 atom stereocenters. The number of fused-ring (bicyclic) bond motifs is 1. The first-order chi connectivity index (χ1) is 16.3. The normalized spacial score (nSPS) is 14.6. The number of primary amides is 1. The molecule has 0 unspecified atom stereocenters. The Morgan fingerprint density at radius 2 is 1.94 bits per heavy atom. The van der Waals surface area contributed by atoms with Gasteiger partial charge in [-0.05, 0) is 19.1 Å². The number of pyridine rings is 1. The second kappa shape index (κ2) is 8.61. The summed E-state index contributed by atoms with van der Waals surface area (Å²) in [7, 11) is 0. The Morgan fingerprint density at radius 1 is 1.15 bits per heavy atom. The molecule has 1 aliphatic rings. The number of aryl methyl sites for hydroxylation is 1. The van der Waals surface area contributed by atoms with Crippen molar-refractivity contribution >= 4 is 22.7 Å². The number of furan rings is 1. The van der Waals surface area contributed by atoms with Crippen molar-refractivity contribution < 1.29 is 13.9 Å². The van der Waals surface area contributed by atoms with E-state index in [1.807, 2.05) is 44.3 Å². The summed E-state index contributed by atoms with van der Waals surface area (Å²) in [6, 6.07) is 14.2. The summed E-state index contributed by atoms with van der Waals surface area (Å²) in [5.41, 5.74) is 10.4. The molecular weight excluding hydrogens is 430 g/mol. The Balaban J connectivity index is 1.58. The zero-order valence-corrected chi connectivity index (χ0v) is 19.7. The van der Waals surface area contributed by atoms with Gasteiger partial charge in [-0.1, -0.05) is 37.6 Å². The van der Waals surface area contributed by atoms with Gasteiger partial charge in [0.25, 0.3) is 0 Å². The fourth-order valence-electron chi connectivity index (χ4n) is 4.22. The quantitative estimate of drug-likeness (QED) is 0.470. The number of nitrogens with two attached hydrogens (primary N) is 1. The predicted molar refractivity (Wildman–Crippen MR) is 131 cm³/mol. The molecule has 4 aromatic rings. The molecule has 1 saturated heterocycles. The molecule has 8 nitrogen and oxygen atoms in total. The minimum absolute atomic E-state index is 0.366. The number of rotatable bonds is 6. The fraction of sp³-hybridized carbons (Fsp3) is 0.346. The van der Waals surface area contributed by atoms with Crippen LogP contribution in [0.25, 0.3) is 28.2 Å². The lowest BCUT2D eigenvalue weighted by Gasteiger charge is -2.29. The largest absolute Gasteiger partial charge is 0.457 e. The van der Waals surface area contributed by atoms with Crippen molar-refractivity contribution in [3.8, 4) is 17.1 Å². The maximum Gasteiger partial charge on any atom is 0.223 e. The van der Waals surface area contributed by atoms with E-state index in [2.05, 4.69) is 30.0 Å². The molecule has 0 bridgehead atoms. The van der Waals surface area contributed by atoms with Crippen molar-refractivity contribution in [2.24, 2.45) is 11.1 Å². The van der Waals surface area contributed by atoms with Crippen LogP contribution in [0.2, 0.25) is 0 Å². The number of amides is 1. The van der Waals surface area contributed by atoms with Crippen LogP contribution in [0.15, 0.2) is 53.1 Å². The topological polar surface area (TPSA) is 99.4 Å². The zero-order valence-electron chi connectivity index (χ0n) is 19.7. The smallest absolute Gasteiger partial charge is 0.223 e. The summed E-state index contributed by atoms with van der Waals surface area (Å²) >= 11 is 0. The van der Waals surface area contributed by atoms with E-state index in [0.717, 1.165) is 35.6 Å². The lowest BCUT2D eigenvalue weighted by atomic mass is 9.87. The molecule has 34 heavy (non-hydrogen) atoms. The first-order valence-electron chi connectivity index (χ1n) is 11.5. The van der Waals surface area contributed by atoms with Crippen molar-refractivity contribution in [3.63, 3.8) is 0 Å². The van der Waals surface area contributed by atoms with Crippen molar-refractivity contribution in [3.05, 3.63) is 60.0 Å². The van der Waals surface area contributed by atoms with Gasteiger partial charge in [-0.25, -0.2) is 9.67 Å². The van der Waals surface area contributed by atoms with Crippen LogP contribution in [0.5, 0.6) is 0 Å². The first-order valence-corrected chi connectivity index (χ1v) is 11.5. The molecule has 4 heterocycles. The third kappa shape index (κ3) is 4.28. The van der Waals surface area contributed by atoms with E-state index in [-0.39, 0.29) is 5.91 Å². The number of carbonyl (C=O) groups is 1. The highest BCUT2D eigenvalue weighted by molar-refractivity contribution is 5.89. The maximum atomic E-state index is 11.9. The first kappa shape index (κ1) is 22.2. The van der Waals surface area contributed by atoms with Crippen molar-refractivity contribution in [1.82, 2.24) is 14.8 Å². The Hall–Kier alpha value is -3.65. The SMILES string of the molecule is Cc1cccc(-c2ccn(-c3cc(N4CCOCC4)c4oc(CC(C)(C)C(N)=O)cc4n3)n2)c1. The van der Waals surface area contributed by atoms with Gasteiger partial charge in [0.1, 0.15) is 11.3 Å². The Bertz CT molecular complexity index is 1350. The summed E-state index contributed by atoms with van der Waals surface area (Å²) < 4.78 is 13.6. The number of benzene rings is 1. The highest BCUT2D eigenvalue weighted by Crippen LogP contribution is 2.34. The summed E-state index contributed by atoms with van der Waals surface area (Å²) in [6.45, 7) is 8.54. The van der Waals surface area contributed by atoms with Gasteiger partial charge in [-0.2, -0.15) is 5.10 Å². The number of morpholine rings is 1. The van der Waals surface area contributed by atoms with Crippen molar-refractivity contribution in [1.29, 1.82) is 0 Å². The molecule has 1 aromatic carbocycles. The number of ether oxygens (including phenoxy) is 1. The molecule has 0 spiro atoms. The molecule has 1 fully saturated rings. The summed E-state index contributed by atoms with van der Waals surface area (Å²) in [6.07, 6.45) is 2.32. The van der Waals surface area contributed by atoms with Gasteiger partial charge in [-0.15, -0.1) is 0 Å². The van der Waals surface area contributed by atoms with Gasteiger partial charge < -0.3 is 19.8 Å². The van der Waals surface area contributed by atoms with Crippen molar-refractivity contribution in [2.45, 2.75) is 27.2 Å². The second-order valence-corrected chi connectivity index (χ2v) is 9.47. The van der Waals surface area contributed by atoms with E-state index in [1.54, 1.807) is 4.68 Å². The second-order valence-electron chi connectivity index (χ2n) is 9.47. The Labute approximate surface area is 198 Å². The van der Waals surface area contributed by atoms with Gasteiger partial charge in [0.2, 0.25) is 5.91 Å². The van der Waals surface area contributed by atoms with E-state index in [1.165, 1.54) is 5.56 Å². The third-order valence-electron chi connectivity index (χ3n) is 6.27.